The van der Waals surface area contributed by atoms with E-state index < -0.39 is 12.0 Å². The first-order valence-corrected chi connectivity index (χ1v) is 8.78. The molecule has 3 rings (SSSR count). The van der Waals surface area contributed by atoms with Crippen LogP contribution in [0, 0.1) is 17.8 Å². The Morgan fingerprint density at radius 3 is 2.33 bits per heavy atom. The standard InChI is InChI=1S/C15H23NO4S/c1-7-8(2)20-9(3)12(7)13(17)16-11(15(18)19)6-21-14(16)10-4-5-10/h7-12,14H,4-6H2,1-3H3,(H,18,19). The first kappa shape index (κ1) is 15.2. The third-order valence-corrected chi connectivity index (χ3v) is 6.59. The summed E-state index contributed by atoms with van der Waals surface area (Å²) >= 11 is 1.63. The summed E-state index contributed by atoms with van der Waals surface area (Å²) in [5.74, 6) is -0.00325. The third-order valence-electron chi connectivity index (χ3n) is 5.13. The normalized spacial score (nSPS) is 43.3. The molecule has 118 valence electrons. The minimum Gasteiger partial charge on any atom is -0.480 e. The lowest BCUT2D eigenvalue weighted by atomic mass is 9.88. The molecule has 0 aromatic carbocycles. The highest BCUT2D eigenvalue weighted by atomic mass is 32.2. The number of nitrogens with zero attached hydrogens (tertiary/aromatic N) is 1. The number of carboxylic acid groups (broad SMARTS) is 1. The number of carbonyl (C=O) groups excluding carboxylic acids is 1. The van der Waals surface area contributed by atoms with Crippen molar-refractivity contribution in [2.75, 3.05) is 5.75 Å². The molecule has 2 aliphatic heterocycles. The van der Waals surface area contributed by atoms with Crippen LogP contribution in [0.5, 0.6) is 0 Å². The van der Waals surface area contributed by atoms with Crippen molar-refractivity contribution < 1.29 is 19.4 Å². The van der Waals surface area contributed by atoms with Crippen molar-refractivity contribution in [2.45, 2.75) is 57.2 Å². The molecule has 0 radical (unpaired) electrons. The van der Waals surface area contributed by atoms with Gasteiger partial charge >= 0.3 is 5.97 Å². The molecular weight excluding hydrogens is 290 g/mol. The molecule has 1 saturated carbocycles. The molecular formula is C15H23NO4S. The van der Waals surface area contributed by atoms with Crippen LogP contribution in [0.2, 0.25) is 0 Å². The van der Waals surface area contributed by atoms with E-state index in [1.807, 2.05) is 20.8 Å². The second-order valence-electron chi connectivity index (χ2n) is 6.59. The molecule has 21 heavy (non-hydrogen) atoms. The van der Waals surface area contributed by atoms with E-state index in [0.29, 0.717) is 11.7 Å². The predicted octanol–water partition coefficient (Wildman–Crippen LogP) is 1.81. The van der Waals surface area contributed by atoms with Crippen molar-refractivity contribution in [3.8, 4) is 0 Å². The van der Waals surface area contributed by atoms with Crippen LogP contribution in [0.15, 0.2) is 0 Å². The molecule has 2 heterocycles. The number of amides is 1. The summed E-state index contributed by atoms with van der Waals surface area (Å²) in [6, 6.07) is -0.677. The largest absolute Gasteiger partial charge is 0.480 e. The van der Waals surface area contributed by atoms with Gasteiger partial charge in [0.15, 0.2) is 0 Å². The van der Waals surface area contributed by atoms with E-state index >= 15 is 0 Å². The Morgan fingerprint density at radius 2 is 1.86 bits per heavy atom. The van der Waals surface area contributed by atoms with E-state index in [1.54, 1.807) is 16.7 Å². The summed E-state index contributed by atoms with van der Waals surface area (Å²) in [6.45, 7) is 5.94. The van der Waals surface area contributed by atoms with Gasteiger partial charge in [0.05, 0.1) is 23.5 Å². The molecule has 6 unspecified atom stereocenters. The van der Waals surface area contributed by atoms with Crippen molar-refractivity contribution in [1.29, 1.82) is 0 Å². The van der Waals surface area contributed by atoms with Gasteiger partial charge in [-0.3, -0.25) is 4.79 Å². The van der Waals surface area contributed by atoms with Gasteiger partial charge in [-0.2, -0.15) is 0 Å². The van der Waals surface area contributed by atoms with Crippen LogP contribution >= 0.6 is 11.8 Å². The van der Waals surface area contributed by atoms with E-state index in [4.69, 9.17) is 4.74 Å². The summed E-state index contributed by atoms with van der Waals surface area (Å²) in [6.07, 6.45) is 2.13. The van der Waals surface area contributed by atoms with Gasteiger partial charge in [0.2, 0.25) is 5.91 Å². The number of carboxylic acids is 1. The minimum atomic E-state index is -0.883. The van der Waals surface area contributed by atoms with Crippen LogP contribution < -0.4 is 0 Å². The van der Waals surface area contributed by atoms with Crippen molar-refractivity contribution in [3.63, 3.8) is 0 Å². The molecule has 5 nitrogen and oxygen atoms in total. The zero-order valence-corrected chi connectivity index (χ0v) is 13.5. The molecule has 0 bridgehead atoms. The van der Waals surface area contributed by atoms with Gasteiger partial charge in [-0.05, 0) is 38.5 Å². The lowest BCUT2D eigenvalue weighted by Crippen LogP contribution is -2.50. The Kier molecular flexibility index (Phi) is 3.94. The number of ether oxygens (including phenoxy) is 1. The second kappa shape index (κ2) is 5.47. The van der Waals surface area contributed by atoms with E-state index in [9.17, 15) is 14.7 Å². The third kappa shape index (κ3) is 2.57. The Labute approximate surface area is 129 Å². The topological polar surface area (TPSA) is 66.8 Å². The number of rotatable bonds is 3. The number of thioether (sulfide) groups is 1. The number of carbonyl (C=O) groups is 2. The molecule has 3 fully saturated rings. The zero-order chi connectivity index (χ0) is 15.3. The lowest BCUT2D eigenvalue weighted by molar-refractivity contribution is -0.152. The van der Waals surface area contributed by atoms with Gasteiger partial charge in [0.1, 0.15) is 6.04 Å². The summed E-state index contributed by atoms with van der Waals surface area (Å²) in [5, 5.41) is 9.49. The highest BCUT2D eigenvalue weighted by Crippen LogP contribution is 2.47. The maximum Gasteiger partial charge on any atom is 0.327 e. The van der Waals surface area contributed by atoms with Crippen molar-refractivity contribution in [3.05, 3.63) is 0 Å². The van der Waals surface area contributed by atoms with Gasteiger partial charge < -0.3 is 14.7 Å². The predicted molar refractivity (Wildman–Crippen MR) is 79.9 cm³/mol. The molecule has 1 N–H and O–H groups in total. The second-order valence-corrected chi connectivity index (χ2v) is 7.74. The molecule has 2 saturated heterocycles. The lowest BCUT2D eigenvalue weighted by Gasteiger charge is -2.32. The Morgan fingerprint density at radius 1 is 1.19 bits per heavy atom. The van der Waals surface area contributed by atoms with E-state index in [2.05, 4.69) is 0 Å². The summed E-state index contributed by atoms with van der Waals surface area (Å²) in [7, 11) is 0. The van der Waals surface area contributed by atoms with Crippen molar-refractivity contribution >= 4 is 23.6 Å². The summed E-state index contributed by atoms with van der Waals surface area (Å²) in [5.41, 5.74) is 0. The SMILES string of the molecule is CC1OC(C)C(C(=O)N2C(C(=O)O)CSC2C2CC2)C1C. The summed E-state index contributed by atoms with van der Waals surface area (Å²) in [4.78, 5) is 26.2. The molecule has 6 heteroatoms. The Bertz CT molecular complexity index is 453. The quantitative estimate of drug-likeness (QED) is 0.861. The smallest absolute Gasteiger partial charge is 0.327 e. The van der Waals surface area contributed by atoms with Gasteiger partial charge in [0, 0.05) is 5.75 Å². The highest BCUT2D eigenvalue weighted by Gasteiger charge is 2.52. The molecule has 0 spiro atoms. The van der Waals surface area contributed by atoms with Crippen LogP contribution in [-0.2, 0) is 14.3 Å². The van der Waals surface area contributed by atoms with Crippen LogP contribution in [0.3, 0.4) is 0 Å². The molecule has 0 aromatic rings. The number of aliphatic carboxylic acids is 1. The Hall–Kier alpha value is -0.750. The fourth-order valence-electron chi connectivity index (χ4n) is 3.61. The molecule has 1 amide bonds. The van der Waals surface area contributed by atoms with Gasteiger partial charge in [-0.15, -0.1) is 11.8 Å². The number of hydrogen-bond donors (Lipinski definition) is 1. The first-order valence-electron chi connectivity index (χ1n) is 7.74. The molecule has 0 aromatic heterocycles. The van der Waals surface area contributed by atoms with E-state index in [1.165, 1.54) is 0 Å². The van der Waals surface area contributed by atoms with Gasteiger partial charge in [0.25, 0.3) is 0 Å². The maximum absolute atomic E-state index is 13.0. The van der Waals surface area contributed by atoms with Crippen molar-refractivity contribution in [2.24, 2.45) is 17.8 Å². The van der Waals surface area contributed by atoms with Crippen LogP contribution in [-0.4, -0.2) is 51.3 Å². The fourth-order valence-corrected chi connectivity index (χ4v) is 5.24. The average Bonchev–Trinajstić information content (AvgIpc) is 3.10. The Balaban J connectivity index is 1.84. The maximum atomic E-state index is 13.0. The summed E-state index contributed by atoms with van der Waals surface area (Å²) < 4.78 is 5.77. The van der Waals surface area contributed by atoms with Crippen LogP contribution in [0.4, 0.5) is 0 Å². The van der Waals surface area contributed by atoms with Gasteiger partial charge in [-0.25, -0.2) is 4.79 Å². The molecule has 3 aliphatic rings. The zero-order valence-electron chi connectivity index (χ0n) is 12.7. The first-order chi connectivity index (χ1) is 9.91. The number of hydrogen-bond acceptors (Lipinski definition) is 4. The van der Waals surface area contributed by atoms with E-state index in [0.717, 1.165) is 12.8 Å². The average molecular weight is 313 g/mol. The van der Waals surface area contributed by atoms with Crippen LogP contribution in [0.1, 0.15) is 33.6 Å². The monoisotopic (exact) mass is 313 g/mol. The molecule has 1 aliphatic carbocycles. The van der Waals surface area contributed by atoms with Crippen molar-refractivity contribution in [1.82, 2.24) is 4.90 Å². The van der Waals surface area contributed by atoms with E-state index in [-0.39, 0.29) is 35.3 Å². The highest BCUT2D eigenvalue weighted by molar-refractivity contribution is 8.00. The fraction of sp³-hybridized carbons (Fsp3) is 0.867. The van der Waals surface area contributed by atoms with Gasteiger partial charge in [-0.1, -0.05) is 6.92 Å². The molecule has 6 atom stereocenters. The minimum absolute atomic E-state index is 0.0198. The van der Waals surface area contributed by atoms with Crippen LogP contribution in [0.25, 0.3) is 0 Å².